The van der Waals surface area contributed by atoms with Crippen LogP contribution in [0.3, 0.4) is 0 Å². The zero-order valence-corrected chi connectivity index (χ0v) is 14.2. The van der Waals surface area contributed by atoms with Gasteiger partial charge in [-0.2, -0.15) is 0 Å². The Balaban J connectivity index is 1.42. The second-order valence-corrected chi connectivity index (χ2v) is 6.66. The topological polar surface area (TPSA) is 74.5 Å². The molecule has 1 amide bonds. The highest BCUT2D eigenvalue weighted by Crippen LogP contribution is 2.23. The highest BCUT2D eigenvalue weighted by Gasteiger charge is 2.24. The fraction of sp³-hybridized carbons (Fsp3) is 0.500. The third kappa shape index (κ3) is 3.60. The second-order valence-electron chi connectivity index (χ2n) is 6.66. The molecule has 2 fully saturated rings. The van der Waals surface area contributed by atoms with Gasteiger partial charge in [-0.15, -0.1) is 0 Å². The Morgan fingerprint density at radius 2 is 1.88 bits per heavy atom. The van der Waals surface area contributed by atoms with Gasteiger partial charge in [-0.3, -0.25) is 4.79 Å². The van der Waals surface area contributed by atoms with Crippen molar-refractivity contribution in [1.29, 1.82) is 0 Å². The average molecular weight is 341 g/mol. The summed E-state index contributed by atoms with van der Waals surface area (Å²) in [6.45, 7) is 3.84. The largest absolute Gasteiger partial charge is 0.459 e. The number of rotatable bonds is 4. The van der Waals surface area contributed by atoms with Gasteiger partial charge >= 0.3 is 0 Å². The smallest absolute Gasteiger partial charge is 0.287 e. The monoisotopic (exact) mass is 341 g/mol. The van der Waals surface area contributed by atoms with Crippen molar-refractivity contribution in [2.45, 2.75) is 31.7 Å². The Hall–Kier alpha value is -2.57. The first-order valence-electron chi connectivity index (χ1n) is 8.96. The third-order valence-electron chi connectivity index (χ3n) is 4.89. The van der Waals surface area contributed by atoms with Crippen LogP contribution in [-0.2, 0) is 0 Å². The van der Waals surface area contributed by atoms with Gasteiger partial charge in [-0.1, -0.05) is 0 Å². The van der Waals surface area contributed by atoms with Gasteiger partial charge in [-0.25, -0.2) is 9.97 Å². The van der Waals surface area contributed by atoms with Crippen molar-refractivity contribution in [2.75, 3.05) is 36.0 Å². The predicted octanol–water partition coefficient (Wildman–Crippen LogP) is 2.07. The van der Waals surface area contributed by atoms with Gasteiger partial charge in [0, 0.05) is 38.3 Å². The number of hydrogen-bond acceptors (Lipinski definition) is 6. The summed E-state index contributed by atoms with van der Waals surface area (Å²) in [5, 5.41) is 3.06. The lowest BCUT2D eigenvalue weighted by molar-refractivity contribution is 0.0905. The van der Waals surface area contributed by atoms with Crippen LogP contribution in [0.25, 0.3) is 0 Å². The van der Waals surface area contributed by atoms with Crippen molar-refractivity contribution in [2.24, 2.45) is 0 Å². The van der Waals surface area contributed by atoms with Crippen LogP contribution in [0.5, 0.6) is 0 Å². The van der Waals surface area contributed by atoms with E-state index in [1.54, 1.807) is 18.5 Å². The molecule has 132 valence electrons. The predicted molar refractivity (Wildman–Crippen MR) is 94.9 cm³/mol. The van der Waals surface area contributed by atoms with Crippen LogP contribution in [0.4, 0.5) is 11.6 Å². The molecule has 1 atom stereocenters. The van der Waals surface area contributed by atoms with E-state index < -0.39 is 0 Å². The van der Waals surface area contributed by atoms with E-state index >= 15 is 0 Å². The molecule has 0 aromatic carbocycles. The van der Waals surface area contributed by atoms with E-state index in [0.717, 1.165) is 50.7 Å². The summed E-state index contributed by atoms with van der Waals surface area (Å²) < 4.78 is 5.17. The summed E-state index contributed by atoms with van der Waals surface area (Å²) in [4.78, 5) is 25.6. The van der Waals surface area contributed by atoms with Crippen LogP contribution in [0.1, 0.15) is 36.2 Å². The van der Waals surface area contributed by atoms with Gasteiger partial charge in [0.15, 0.2) is 5.76 Å². The minimum absolute atomic E-state index is 0.0940. The van der Waals surface area contributed by atoms with Crippen molar-refractivity contribution in [3.8, 4) is 0 Å². The molecule has 0 saturated carbocycles. The molecule has 7 nitrogen and oxygen atoms in total. The maximum absolute atomic E-state index is 12.2. The van der Waals surface area contributed by atoms with E-state index in [1.165, 1.54) is 19.1 Å². The van der Waals surface area contributed by atoms with Crippen LogP contribution >= 0.6 is 0 Å². The number of furan rings is 1. The maximum atomic E-state index is 12.2. The minimum Gasteiger partial charge on any atom is -0.459 e. The van der Waals surface area contributed by atoms with Crippen LogP contribution < -0.4 is 15.1 Å². The number of nitrogens with one attached hydrogen (secondary N) is 1. The van der Waals surface area contributed by atoms with Gasteiger partial charge in [0.25, 0.3) is 5.91 Å². The van der Waals surface area contributed by atoms with E-state index in [4.69, 9.17) is 4.42 Å². The van der Waals surface area contributed by atoms with Crippen LogP contribution in [0.2, 0.25) is 0 Å². The molecule has 0 radical (unpaired) electrons. The Kier molecular flexibility index (Phi) is 4.54. The minimum atomic E-state index is -0.155. The van der Waals surface area contributed by atoms with Crippen molar-refractivity contribution in [3.05, 3.63) is 36.5 Å². The lowest BCUT2D eigenvalue weighted by Crippen LogP contribution is -2.48. The van der Waals surface area contributed by atoms with Crippen LogP contribution in [-0.4, -0.2) is 48.1 Å². The molecule has 2 aromatic rings. The molecule has 4 heterocycles. The zero-order chi connectivity index (χ0) is 17.1. The quantitative estimate of drug-likeness (QED) is 0.918. The third-order valence-corrected chi connectivity index (χ3v) is 4.89. The zero-order valence-electron chi connectivity index (χ0n) is 14.2. The standard InChI is InChI=1S/C18H23N5O2/c24-18(15-6-4-10-25-15)21-14-5-3-9-23(12-14)17-11-16(19-13-20-17)22-7-1-2-8-22/h4,6,10-11,13-14H,1-3,5,7-9,12H2,(H,21,24)/t14-/m0/s1. The number of amides is 1. The normalized spacial score (nSPS) is 20.7. The molecule has 25 heavy (non-hydrogen) atoms. The number of anilines is 2. The Bertz CT molecular complexity index is 712. The first-order valence-corrected chi connectivity index (χ1v) is 8.96. The first-order chi connectivity index (χ1) is 12.3. The molecular formula is C18H23N5O2. The highest BCUT2D eigenvalue weighted by atomic mass is 16.3. The summed E-state index contributed by atoms with van der Waals surface area (Å²) in [5.41, 5.74) is 0. The van der Waals surface area contributed by atoms with E-state index in [1.807, 2.05) is 0 Å². The molecule has 2 aliphatic heterocycles. The van der Waals surface area contributed by atoms with E-state index in [0.29, 0.717) is 5.76 Å². The number of hydrogen-bond donors (Lipinski definition) is 1. The van der Waals surface area contributed by atoms with Gasteiger partial charge in [-0.05, 0) is 37.8 Å². The molecule has 2 aromatic heterocycles. The molecule has 0 unspecified atom stereocenters. The molecule has 0 spiro atoms. The lowest BCUT2D eigenvalue weighted by Gasteiger charge is -2.34. The van der Waals surface area contributed by atoms with Crippen molar-refractivity contribution in [1.82, 2.24) is 15.3 Å². The molecule has 0 aliphatic carbocycles. The lowest BCUT2D eigenvalue weighted by atomic mass is 10.1. The molecule has 2 aliphatic rings. The van der Waals surface area contributed by atoms with E-state index in [9.17, 15) is 4.79 Å². The summed E-state index contributed by atoms with van der Waals surface area (Å²) in [6, 6.07) is 5.57. The SMILES string of the molecule is O=C(N[C@H]1CCCN(c2cc(N3CCCC3)ncn2)C1)c1ccco1. The fourth-order valence-electron chi connectivity index (χ4n) is 3.60. The Morgan fingerprint density at radius 1 is 1.12 bits per heavy atom. The molecule has 0 bridgehead atoms. The second kappa shape index (κ2) is 7.13. The molecule has 2 saturated heterocycles. The summed E-state index contributed by atoms with van der Waals surface area (Å²) in [5.74, 6) is 2.14. The number of piperidine rings is 1. The maximum Gasteiger partial charge on any atom is 0.287 e. The summed E-state index contributed by atoms with van der Waals surface area (Å²) >= 11 is 0. The Morgan fingerprint density at radius 3 is 2.64 bits per heavy atom. The van der Waals surface area contributed by atoms with Gasteiger partial charge in [0.1, 0.15) is 18.0 Å². The van der Waals surface area contributed by atoms with Crippen molar-refractivity contribution in [3.63, 3.8) is 0 Å². The van der Waals surface area contributed by atoms with Crippen molar-refractivity contribution >= 4 is 17.5 Å². The van der Waals surface area contributed by atoms with Gasteiger partial charge in [0.05, 0.1) is 6.26 Å². The number of aromatic nitrogens is 2. The molecule has 1 N–H and O–H groups in total. The number of nitrogens with zero attached hydrogens (tertiary/aromatic N) is 4. The van der Waals surface area contributed by atoms with E-state index in [2.05, 4.69) is 31.2 Å². The van der Waals surface area contributed by atoms with E-state index in [-0.39, 0.29) is 11.9 Å². The van der Waals surface area contributed by atoms with Gasteiger partial charge in [0.2, 0.25) is 0 Å². The van der Waals surface area contributed by atoms with Crippen molar-refractivity contribution < 1.29 is 9.21 Å². The molecular weight excluding hydrogens is 318 g/mol. The van der Waals surface area contributed by atoms with Crippen LogP contribution in [0.15, 0.2) is 35.2 Å². The van der Waals surface area contributed by atoms with Crippen LogP contribution in [0, 0.1) is 0 Å². The summed E-state index contributed by atoms with van der Waals surface area (Å²) in [6.07, 6.45) is 7.60. The Labute approximate surface area is 147 Å². The summed E-state index contributed by atoms with van der Waals surface area (Å²) in [7, 11) is 0. The molecule has 4 rings (SSSR count). The molecule has 7 heteroatoms. The first kappa shape index (κ1) is 15.9. The fourth-order valence-corrected chi connectivity index (χ4v) is 3.60. The van der Waals surface area contributed by atoms with Gasteiger partial charge < -0.3 is 19.5 Å². The average Bonchev–Trinajstić information content (AvgIpc) is 3.36. The number of carbonyl (C=O) groups excluding carboxylic acids is 1. The number of carbonyl (C=O) groups is 1. The highest BCUT2D eigenvalue weighted by molar-refractivity contribution is 5.91.